The predicted octanol–water partition coefficient (Wildman–Crippen LogP) is 2.97. The number of carbonyl (C=O) groups is 3. The molecular formula is C26H28N2O7. The van der Waals surface area contributed by atoms with Crippen molar-refractivity contribution in [3.8, 4) is 11.5 Å². The summed E-state index contributed by atoms with van der Waals surface area (Å²) >= 11 is 0. The van der Waals surface area contributed by atoms with Gasteiger partial charge in [0, 0.05) is 43.9 Å². The van der Waals surface area contributed by atoms with Crippen molar-refractivity contribution in [2.45, 2.75) is 6.54 Å². The van der Waals surface area contributed by atoms with Crippen molar-refractivity contribution in [2.75, 3.05) is 40.4 Å². The smallest absolute Gasteiger partial charge is 0.414 e. The quantitative estimate of drug-likeness (QED) is 0.536. The highest BCUT2D eigenvalue weighted by molar-refractivity contribution is 6.27. The van der Waals surface area contributed by atoms with Gasteiger partial charge in [0.05, 0.1) is 14.2 Å². The molecule has 0 aliphatic carbocycles. The van der Waals surface area contributed by atoms with Crippen molar-refractivity contribution < 1.29 is 34.1 Å². The highest BCUT2D eigenvalue weighted by Crippen LogP contribution is 2.29. The van der Waals surface area contributed by atoms with Crippen LogP contribution in [0.15, 0.2) is 60.7 Å². The number of benzene rings is 3. The molecule has 9 nitrogen and oxygen atoms in total. The molecule has 0 bridgehead atoms. The lowest BCUT2D eigenvalue weighted by Crippen LogP contribution is -2.48. The van der Waals surface area contributed by atoms with Gasteiger partial charge in [-0.3, -0.25) is 9.69 Å². The van der Waals surface area contributed by atoms with Crippen molar-refractivity contribution in [1.82, 2.24) is 9.80 Å². The molecule has 1 fully saturated rings. The topological polar surface area (TPSA) is 117 Å². The van der Waals surface area contributed by atoms with Gasteiger partial charge in [-0.1, -0.05) is 36.4 Å². The third kappa shape index (κ3) is 6.48. The third-order valence-electron chi connectivity index (χ3n) is 5.76. The molecule has 0 saturated carbocycles. The number of amides is 1. The molecule has 0 radical (unpaired) electrons. The highest BCUT2D eigenvalue weighted by Gasteiger charge is 2.23. The number of carboxylic acids is 2. The van der Waals surface area contributed by atoms with E-state index in [1.807, 2.05) is 29.2 Å². The Kier molecular flexibility index (Phi) is 8.63. The molecule has 0 aromatic heterocycles. The number of carboxylic acid groups (broad SMARTS) is 2. The molecule has 0 unspecified atom stereocenters. The number of ether oxygens (including phenoxy) is 2. The zero-order chi connectivity index (χ0) is 25.4. The second-order valence-electron chi connectivity index (χ2n) is 7.88. The fourth-order valence-electron chi connectivity index (χ4n) is 3.94. The lowest BCUT2D eigenvalue weighted by molar-refractivity contribution is -0.159. The molecule has 1 aliphatic rings. The summed E-state index contributed by atoms with van der Waals surface area (Å²) in [5.41, 5.74) is 1.88. The molecule has 1 saturated heterocycles. The van der Waals surface area contributed by atoms with Crippen LogP contribution in [0.25, 0.3) is 10.8 Å². The number of methoxy groups -OCH3 is 2. The Morgan fingerprint density at radius 2 is 1.51 bits per heavy atom. The van der Waals surface area contributed by atoms with E-state index in [0.29, 0.717) is 24.4 Å². The van der Waals surface area contributed by atoms with Crippen LogP contribution in [0.4, 0.5) is 0 Å². The average Bonchev–Trinajstić information content (AvgIpc) is 2.89. The Labute approximate surface area is 203 Å². The molecule has 1 amide bonds. The second kappa shape index (κ2) is 11.8. The maximum atomic E-state index is 12.8. The minimum atomic E-state index is -1.82. The summed E-state index contributed by atoms with van der Waals surface area (Å²) < 4.78 is 10.9. The van der Waals surface area contributed by atoms with Gasteiger partial charge in [-0.05, 0) is 35.0 Å². The van der Waals surface area contributed by atoms with E-state index in [9.17, 15) is 4.79 Å². The summed E-state index contributed by atoms with van der Waals surface area (Å²) in [5, 5.41) is 17.2. The van der Waals surface area contributed by atoms with Crippen LogP contribution in [0.5, 0.6) is 11.5 Å². The van der Waals surface area contributed by atoms with Gasteiger partial charge in [-0.15, -0.1) is 0 Å². The Bertz CT molecular complexity index is 1190. The van der Waals surface area contributed by atoms with Crippen molar-refractivity contribution in [2.24, 2.45) is 0 Å². The largest absolute Gasteiger partial charge is 0.497 e. The molecule has 1 heterocycles. The third-order valence-corrected chi connectivity index (χ3v) is 5.76. The summed E-state index contributed by atoms with van der Waals surface area (Å²) in [7, 11) is 3.34. The summed E-state index contributed by atoms with van der Waals surface area (Å²) in [4.78, 5) is 35.3. The van der Waals surface area contributed by atoms with Gasteiger partial charge in [0.15, 0.2) is 0 Å². The molecule has 9 heteroatoms. The van der Waals surface area contributed by atoms with Crippen LogP contribution < -0.4 is 9.47 Å². The van der Waals surface area contributed by atoms with Crippen LogP contribution in [-0.4, -0.2) is 78.3 Å². The number of rotatable bonds is 5. The zero-order valence-corrected chi connectivity index (χ0v) is 19.6. The SMILES string of the molecule is COc1cccc(C(=O)N2CCN(Cc3c(OC)ccc4ccccc34)CC2)c1.O=C(O)C(=O)O. The van der Waals surface area contributed by atoms with E-state index in [2.05, 4.69) is 35.2 Å². The maximum Gasteiger partial charge on any atom is 0.414 e. The van der Waals surface area contributed by atoms with Gasteiger partial charge in [-0.2, -0.15) is 0 Å². The molecule has 35 heavy (non-hydrogen) atoms. The van der Waals surface area contributed by atoms with Gasteiger partial charge in [-0.25, -0.2) is 9.59 Å². The van der Waals surface area contributed by atoms with Gasteiger partial charge in [0.1, 0.15) is 11.5 Å². The minimum absolute atomic E-state index is 0.0614. The molecule has 2 N–H and O–H groups in total. The molecule has 3 aromatic carbocycles. The van der Waals surface area contributed by atoms with E-state index < -0.39 is 11.9 Å². The van der Waals surface area contributed by atoms with E-state index in [4.69, 9.17) is 29.3 Å². The normalized spacial score (nSPS) is 13.5. The fourth-order valence-corrected chi connectivity index (χ4v) is 3.94. The molecular weight excluding hydrogens is 452 g/mol. The Morgan fingerprint density at radius 3 is 2.14 bits per heavy atom. The number of nitrogens with zero attached hydrogens (tertiary/aromatic N) is 2. The van der Waals surface area contributed by atoms with Crippen LogP contribution >= 0.6 is 0 Å². The fraction of sp³-hybridized carbons (Fsp3) is 0.269. The van der Waals surface area contributed by atoms with Gasteiger partial charge in [0.25, 0.3) is 5.91 Å². The molecule has 0 spiro atoms. The number of hydrogen-bond donors (Lipinski definition) is 2. The van der Waals surface area contributed by atoms with Gasteiger partial charge in [0.2, 0.25) is 0 Å². The predicted molar refractivity (Wildman–Crippen MR) is 130 cm³/mol. The van der Waals surface area contributed by atoms with E-state index in [1.165, 1.54) is 16.3 Å². The Morgan fingerprint density at radius 1 is 0.829 bits per heavy atom. The summed E-state index contributed by atoms with van der Waals surface area (Å²) in [6.07, 6.45) is 0. The van der Waals surface area contributed by atoms with Crippen LogP contribution in [0.1, 0.15) is 15.9 Å². The number of piperazine rings is 1. The van der Waals surface area contributed by atoms with Crippen molar-refractivity contribution in [3.63, 3.8) is 0 Å². The lowest BCUT2D eigenvalue weighted by atomic mass is 10.0. The summed E-state index contributed by atoms with van der Waals surface area (Å²) in [6, 6.07) is 19.9. The first-order valence-electron chi connectivity index (χ1n) is 11.0. The second-order valence-corrected chi connectivity index (χ2v) is 7.88. The zero-order valence-electron chi connectivity index (χ0n) is 19.6. The van der Waals surface area contributed by atoms with Crippen LogP contribution in [0.2, 0.25) is 0 Å². The number of carbonyl (C=O) groups excluding carboxylic acids is 1. The Balaban J connectivity index is 0.000000509. The lowest BCUT2D eigenvalue weighted by Gasteiger charge is -2.35. The molecule has 1 aliphatic heterocycles. The molecule has 4 rings (SSSR count). The highest BCUT2D eigenvalue weighted by atomic mass is 16.5. The van der Waals surface area contributed by atoms with Crippen molar-refractivity contribution in [3.05, 3.63) is 71.8 Å². The minimum Gasteiger partial charge on any atom is -0.497 e. The van der Waals surface area contributed by atoms with E-state index in [1.54, 1.807) is 20.3 Å². The molecule has 0 atom stereocenters. The van der Waals surface area contributed by atoms with Gasteiger partial charge < -0.3 is 24.6 Å². The first-order valence-corrected chi connectivity index (χ1v) is 11.0. The van der Waals surface area contributed by atoms with E-state index >= 15 is 0 Å². The molecule has 3 aromatic rings. The first-order chi connectivity index (χ1) is 16.8. The number of hydrogen-bond acceptors (Lipinski definition) is 6. The van der Waals surface area contributed by atoms with E-state index in [-0.39, 0.29) is 5.91 Å². The van der Waals surface area contributed by atoms with E-state index in [0.717, 1.165) is 25.4 Å². The average molecular weight is 481 g/mol. The van der Waals surface area contributed by atoms with Crippen LogP contribution in [0, 0.1) is 0 Å². The standard InChI is InChI=1S/C24H26N2O3.C2H2O4/c1-28-20-8-5-7-19(16-20)24(27)26-14-12-25(13-15-26)17-22-21-9-4-3-6-18(21)10-11-23(22)29-2;3-1(4)2(5)6/h3-11,16H,12-15,17H2,1-2H3;(H,3,4)(H,5,6). The van der Waals surface area contributed by atoms with Crippen LogP contribution in [0.3, 0.4) is 0 Å². The molecule has 184 valence electrons. The summed E-state index contributed by atoms with van der Waals surface area (Å²) in [5.74, 6) is -1.97. The monoisotopic (exact) mass is 480 g/mol. The summed E-state index contributed by atoms with van der Waals surface area (Å²) in [6.45, 7) is 3.90. The van der Waals surface area contributed by atoms with Crippen molar-refractivity contribution >= 4 is 28.6 Å². The van der Waals surface area contributed by atoms with Gasteiger partial charge >= 0.3 is 11.9 Å². The van der Waals surface area contributed by atoms with Crippen LogP contribution in [-0.2, 0) is 16.1 Å². The Hall–Kier alpha value is -4.11. The number of fused-ring (bicyclic) bond motifs is 1. The number of aliphatic carboxylic acids is 2. The first kappa shape index (κ1) is 25.5. The maximum absolute atomic E-state index is 12.8. The van der Waals surface area contributed by atoms with Crippen molar-refractivity contribution in [1.29, 1.82) is 0 Å².